The van der Waals surface area contributed by atoms with Gasteiger partial charge in [0.1, 0.15) is 10.0 Å². The van der Waals surface area contributed by atoms with E-state index in [4.69, 9.17) is 11.6 Å². The standard InChI is InChI=1S/C13H12BrClN2O2S/c1-9(10-3-2-4-11(14)7-10)17-20(18,19)12-5-6-13(15)16-8-12/h2-9,17H,1H3. The summed E-state index contributed by atoms with van der Waals surface area (Å²) in [5, 5.41) is 0.254. The predicted octanol–water partition coefficient (Wildman–Crippen LogP) is 3.54. The van der Waals surface area contributed by atoms with Gasteiger partial charge in [0.25, 0.3) is 0 Å². The molecule has 7 heteroatoms. The quantitative estimate of drug-likeness (QED) is 0.832. The molecule has 0 fully saturated rings. The van der Waals surface area contributed by atoms with Gasteiger partial charge in [0.05, 0.1) is 0 Å². The number of nitrogens with one attached hydrogen (secondary N) is 1. The van der Waals surface area contributed by atoms with Crippen LogP contribution in [0.4, 0.5) is 0 Å². The summed E-state index contributed by atoms with van der Waals surface area (Å²) in [6, 6.07) is 9.98. The second-order valence-corrected chi connectivity index (χ2v) is 7.23. The summed E-state index contributed by atoms with van der Waals surface area (Å²) in [5.41, 5.74) is 0.866. The van der Waals surface area contributed by atoms with Gasteiger partial charge in [-0.3, -0.25) is 0 Å². The molecule has 0 radical (unpaired) electrons. The van der Waals surface area contributed by atoms with Crippen molar-refractivity contribution >= 4 is 37.6 Å². The zero-order chi connectivity index (χ0) is 14.8. The highest BCUT2D eigenvalue weighted by Crippen LogP contribution is 2.20. The molecular weight excluding hydrogens is 364 g/mol. The Labute approximate surface area is 131 Å². The van der Waals surface area contributed by atoms with Crippen molar-refractivity contribution < 1.29 is 8.42 Å². The second-order valence-electron chi connectivity index (χ2n) is 4.21. The molecule has 0 saturated heterocycles. The Morgan fingerprint density at radius 3 is 2.65 bits per heavy atom. The third-order valence-corrected chi connectivity index (χ3v) is 4.93. The van der Waals surface area contributed by atoms with E-state index in [0.717, 1.165) is 10.0 Å². The van der Waals surface area contributed by atoms with E-state index < -0.39 is 10.0 Å². The Morgan fingerprint density at radius 2 is 2.05 bits per heavy atom. The number of hydrogen-bond acceptors (Lipinski definition) is 3. The van der Waals surface area contributed by atoms with E-state index in [9.17, 15) is 8.42 Å². The van der Waals surface area contributed by atoms with Crippen molar-refractivity contribution in [1.82, 2.24) is 9.71 Å². The van der Waals surface area contributed by atoms with Crippen LogP contribution in [0, 0.1) is 0 Å². The van der Waals surface area contributed by atoms with Crippen LogP contribution in [0.2, 0.25) is 5.15 Å². The van der Waals surface area contributed by atoms with Crippen molar-refractivity contribution in [2.24, 2.45) is 0 Å². The molecule has 0 aliphatic carbocycles. The van der Waals surface area contributed by atoms with Crippen LogP contribution >= 0.6 is 27.5 Å². The summed E-state index contributed by atoms with van der Waals surface area (Å²) < 4.78 is 27.9. The summed E-state index contributed by atoms with van der Waals surface area (Å²) in [5.74, 6) is 0. The first-order valence-electron chi connectivity index (χ1n) is 5.78. The third kappa shape index (κ3) is 3.79. The van der Waals surface area contributed by atoms with Crippen molar-refractivity contribution in [2.45, 2.75) is 17.9 Å². The zero-order valence-electron chi connectivity index (χ0n) is 10.5. The van der Waals surface area contributed by atoms with Crippen molar-refractivity contribution in [3.8, 4) is 0 Å². The van der Waals surface area contributed by atoms with Crippen molar-refractivity contribution in [2.75, 3.05) is 0 Å². The number of pyridine rings is 1. The second kappa shape index (κ2) is 6.22. The molecule has 4 nitrogen and oxygen atoms in total. The van der Waals surface area contributed by atoms with E-state index in [-0.39, 0.29) is 16.1 Å². The lowest BCUT2D eigenvalue weighted by Crippen LogP contribution is -2.27. The van der Waals surface area contributed by atoms with Gasteiger partial charge in [0, 0.05) is 16.7 Å². The summed E-state index contributed by atoms with van der Waals surface area (Å²) in [6.07, 6.45) is 1.23. The van der Waals surface area contributed by atoms with Gasteiger partial charge in [0.2, 0.25) is 10.0 Å². The molecule has 20 heavy (non-hydrogen) atoms. The number of hydrogen-bond donors (Lipinski definition) is 1. The molecule has 1 heterocycles. The Bertz CT molecular complexity index is 705. The molecule has 0 amide bonds. The van der Waals surface area contributed by atoms with Crippen molar-refractivity contribution in [3.05, 3.63) is 57.8 Å². The highest BCUT2D eigenvalue weighted by Gasteiger charge is 2.18. The molecule has 1 aromatic carbocycles. The fraction of sp³-hybridized carbons (Fsp3) is 0.154. The molecule has 106 valence electrons. The Balaban J connectivity index is 2.22. The normalized spacial score (nSPS) is 13.2. The van der Waals surface area contributed by atoms with Gasteiger partial charge in [-0.1, -0.05) is 39.7 Å². The maximum Gasteiger partial charge on any atom is 0.242 e. The van der Waals surface area contributed by atoms with E-state index in [1.807, 2.05) is 24.3 Å². The van der Waals surface area contributed by atoms with Crippen molar-refractivity contribution in [3.63, 3.8) is 0 Å². The predicted molar refractivity (Wildman–Crippen MR) is 82.1 cm³/mol. The van der Waals surface area contributed by atoms with Gasteiger partial charge in [-0.2, -0.15) is 0 Å². The summed E-state index contributed by atoms with van der Waals surface area (Å²) >= 11 is 9.01. The van der Waals surface area contributed by atoms with Gasteiger partial charge >= 0.3 is 0 Å². The zero-order valence-corrected chi connectivity index (χ0v) is 13.7. The Kier molecular flexibility index (Phi) is 4.80. The van der Waals surface area contributed by atoms with E-state index in [1.165, 1.54) is 18.3 Å². The van der Waals surface area contributed by atoms with Crippen LogP contribution in [0.25, 0.3) is 0 Å². The number of nitrogens with zero attached hydrogens (tertiary/aromatic N) is 1. The molecule has 1 N–H and O–H groups in total. The van der Waals surface area contributed by atoms with Crippen LogP contribution in [0.15, 0.2) is 52.0 Å². The number of sulfonamides is 1. The van der Waals surface area contributed by atoms with Gasteiger partial charge in [-0.25, -0.2) is 18.1 Å². The highest BCUT2D eigenvalue weighted by atomic mass is 79.9. The highest BCUT2D eigenvalue weighted by molar-refractivity contribution is 9.10. The largest absolute Gasteiger partial charge is 0.243 e. The van der Waals surface area contributed by atoms with Gasteiger partial charge in [0.15, 0.2) is 0 Å². The Morgan fingerprint density at radius 1 is 1.30 bits per heavy atom. The minimum absolute atomic E-state index is 0.0868. The monoisotopic (exact) mass is 374 g/mol. The molecule has 0 aliphatic rings. The molecule has 0 bridgehead atoms. The van der Waals surface area contributed by atoms with E-state index >= 15 is 0 Å². The number of aromatic nitrogens is 1. The lowest BCUT2D eigenvalue weighted by Gasteiger charge is -2.14. The van der Waals surface area contributed by atoms with Gasteiger partial charge < -0.3 is 0 Å². The molecule has 0 aliphatic heterocycles. The average molecular weight is 376 g/mol. The lowest BCUT2D eigenvalue weighted by atomic mass is 10.1. The van der Waals surface area contributed by atoms with Crippen LogP contribution in [0.1, 0.15) is 18.5 Å². The number of benzene rings is 1. The number of halogens is 2. The first-order chi connectivity index (χ1) is 9.38. The first-order valence-corrected chi connectivity index (χ1v) is 8.43. The molecule has 2 rings (SSSR count). The molecule has 2 aromatic rings. The molecule has 1 aromatic heterocycles. The maximum absolute atomic E-state index is 12.2. The third-order valence-electron chi connectivity index (χ3n) is 2.69. The topological polar surface area (TPSA) is 59.1 Å². The van der Waals surface area contributed by atoms with Gasteiger partial charge in [-0.05, 0) is 36.8 Å². The maximum atomic E-state index is 12.2. The van der Waals surface area contributed by atoms with E-state index in [2.05, 4.69) is 25.6 Å². The fourth-order valence-corrected chi connectivity index (χ4v) is 3.37. The minimum Gasteiger partial charge on any atom is -0.243 e. The molecule has 0 saturated carbocycles. The number of rotatable bonds is 4. The van der Waals surface area contributed by atoms with Crippen molar-refractivity contribution in [1.29, 1.82) is 0 Å². The average Bonchev–Trinajstić information content (AvgIpc) is 2.38. The van der Waals surface area contributed by atoms with Crippen LogP contribution in [0.3, 0.4) is 0 Å². The fourth-order valence-electron chi connectivity index (χ4n) is 1.67. The summed E-state index contributed by atoms with van der Waals surface area (Å²) in [6.45, 7) is 1.78. The SMILES string of the molecule is CC(NS(=O)(=O)c1ccc(Cl)nc1)c1cccc(Br)c1. The lowest BCUT2D eigenvalue weighted by molar-refractivity contribution is 0.566. The van der Waals surface area contributed by atoms with E-state index in [0.29, 0.717) is 0 Å². The minimum atomic E-state index is -3.62. The van der Waals surface area contributed by atoms with E-state index in [1.54, 1.807) is 6.92 Å². The van der Waals surface area contributed by atoms with Gasteiger partial charge in [-0.15, -0.1) is 0 Å². The molecule has 0 spiro atoms. The summed E-state index contributed by atoms with van der Waals surface area (Å²) in [4.78, 5) is 3.87. The molecule has 1 unspecified atom stereocenters. The van der Waals surface area contributed by atoms with Crippen LogP contribution in [-0.4, -0.2) is 13.4 Å². The van der Waals surface area contributed by atoms with Crippen LogP contribution in [-0.2, 0) is 10.0 Å². The molecular formula is C13H12BrClN2O2S. The first kappa shape index (κ1) is 15.4. The summed E-state index contributed by atoms with van der Waals surface area (Å²) in [7, 11) is -3.62. The smallest absolute Gasteiger partial charge is 0.242 e. The Hall–Kier alpha value is -0.950. The van der Waals surface area contributed by atoms with Crippen LogP contribution < -0.4 is 4.72 Å². The van der Waals surface area contributed by atoms with Crippen LogP contribution in [0.5, 0.6) is 0 Å². The molecule has 1 atom stereocenters.